The lowest BCUT2D eigenvalue weighted by molar-refractivity contribution is -0.111. The van der Waals surface area contributed by atoms with Crippen molar-refractivity contribution < 1.29 is 13.9 Å². The monoisotopic (exact) mass is 499 g/mol. The SMILES string of the molecule is C=CC(=O)Nc1ccnc(-c2c(F)ccc3cnc(Nc4ccc([C@H]5OCCNC5CN)cc4)nc23)c1. The van der Waals surface area contributed by atoms with E-state index in [0.29, 0.717) is 41.4 Å². The zero-order chi connectivity index (χ0) is 25.8. The molecule has 9 nitrogen and oxygen atoms in total. The molecule has 0 spiro atoms. The van der Waals surface area contributed by atoms with Gasteiger partial charge in [0.25, 0.3) is 0 Å². The molecular formula is C27H26FN7O2. The number of rotatable bonds is 7. The molecule has 0 aliphatic carbocycles. The molecule has 0 saturated carbocycles. The first kappa shape index (κ1) is 24.4. The van der Waals surface area contributed by atoms with E-state index < -0.39 is 5.82 Å². The minimum atomic E-state index is -0.489. The predicted molar refractivity (Wildman–Crippen MR) is 141 cm³/mol. The van der Waals surface area contributed by atoms with Gasteiger partial charge >= 0.3 is 0 Å². The number of carbonyl (C=O) groups excluding carboxylic acids is 1. The Bertz CT molecular complexity index is 1440. The number of aromatic nitrogens is 3. The number of ether oxygens (including phenoxy) is 1. The van der Waals surface area contributed by atoms with Gasteiger partial charge in [0.15, 0.2) is 0 Å². The minimum absolute atomic E-state index is 0.0573. The molecule has 2 atom stereocenters. The quantitative estimate of drug-likeness (QED) is 0.284. The molecular weight excluding hydrogens is 473 g/mol. The minimum Gasteiger partial charge on any atom is -0.371 e. The number of halogens is 1. The van der Waals surface area contributed by atoms with Crippen molar-refractivity contribution in [2.75, 3.05) is 30.3 Å². The lowest BCUT2D eigenvalue weighted by Crippen LogP contribution is -2.47. The summed E-state index contributed by atoms with van der Waals surface area (Å²) in [7, 11) is 0. The van der Waals surface area contributed by atoms with Gasteiger partial charge in [-0.1, -0.05) is 18.7 Å². The zero-order valence-corrected chi connectivity index (χ0v) is 19.9. The molecule has 1 fully saturated rings. The normalized spacial score (nSPS) is 17.4. The number of hydrogen-bond acceptors (Lipinski definition) is 8. The van der Waals surface area contributed by atoms with Gasteiger partial charge in [-0.25, -0.2) is 14.4 Å². The van der Waals surface area contributed by atoms with E-state index in [2.05, 4.69) is 37.5 Å². The van der Waals surface area contributed by atoms with Crippen LogP contribution in [0.25, 0.3) is 22.2 Å². The number of morpholine rings is 1. The van der Waals surface area contributed by atoms with Gasteiger partial charge in [0.05, 0.1) is 29.5 Å². The highest BCUT2D eigenvalue weighted by atomic mass is 19.1. The second-order valence-corrected chi connectivity index (χ2v) is 8.51. The lowest BCUT2D eigenvalue weighted by Gasteiger charge is -2.32. The van der Waals surface area contributed by atoms with Gasteiger partial charge in [0.1, 0.15) is 5.82 Å². The van der Waals surface area contributed by atoms with Gasteiger partial charge in [0.2, 0.25) is 11.9 Å². The fourth-order valence-electron chi connectivity index (χ4n) is 4.29. The zero-order valence-electron chi connectivity index (χ0n) is 19.9. The second-order valence-electron chi connectivity index (χ2n) is 8.51. The molecule has 1 aliphatic heterocycles. The summed E-state index contributed by atoms with van der Waals surface area (Å²) in [5, 5.41) is 9.87. The molecule has 1 unspecified atom stereocenters. The van der Waals surface area contributed by atoms with E-state index in [9.17, 15) is 4.79 Å². The summed E-state index contributed by atoms with van der Waals surface area (Å²) in [4.78, 5) is 25.0. The van der Waals surface area contributed by atoms with Crippen molar-refractivity contribution in [1.82, 2.24) is 20.3 Å². The van der Waals surface area contributed by atoms with Gasteiger partial charge in [-0.2, -0.15) is 0 Å². The Morgan fingerprint density at radius 1 is 1.19 bits per heavy atom. The first-order valence-electron chi connectivity index (χ1n) is 11.8. The molecule has 4 aromatic rings. The number of benzene rings is 2. The number of nitrogens with two attached hydrogens (primary N) is 1. The highest BCUT2D eigenvalue weighted by molar-refractivity contribution is 6.00. The summed E-state index contributed by atoms with van der Waals surface area (Å²) in [6, 6.07) is 14.0. The van der Waals surface area contributed by atoms with Gasteiger partial charge < -0.3 is 26.4 Å². The summed E-state index contributed by atoms with van der Waals surface area (Å²) >= 11 is 0. The van der Waals surface area contributed by atoms with Gasteiger partial charge in [-0.3, -0.25) is 9.78 Å². The number of nitrogens with zero attached hydrogens (tertiary/aromatic N) is 3. The van der Waals surface area contributed by atoms with Crippen LogP contribution in [0, 0.1) is 5.82 Å². The first-order valence-corrected chi connectivity index (χ1v) is 11.8. The Morgan fingerprint density at radius 2 is 2.03 bits per heavy atom. The van der Waals surface area contributed by atoms with Crippen LogP contribution in [-0.4, -0.2) is 46.6 Å². The van der Waals surface area contributed by atoms with Crippen molar-refractivity contribution >= 4 is 34.1 Å². The Morgan fingerprint density at radius 3 is 2.81 bits per heavy atom. The molecule has 3 heterocycles. The van der Waals surface area contributed by atoms with E-state index in [1.54, 1.807) is 24.4 Å². The number of anilines is 3. The topological polar surface area (TPSA) is 127 Å². The number of nitrogens with one attached hydrogen (secondary N) is 3. The number of carbonyl (C=O) groups is 1. The van der Waals surface area contributed by atoms with E-state index in [-0.39, 0.29) is 23.6 Å². The third-order valence-corrected chi connectivity index (χ3v) is 6.09. The van der Waals surface area contributed by atoms with Gasteiger partial charge in [0, 0.05) is 48.3 Å². The van der Waals surface area contributed by atoms with Crippen molar-refractivity contribution in [1.29, 1.82) is 0 Å². The number of amides is 1. The summed E-state index contributed by atoms with van der Waals surface area (Å²) in [5.41, 5.74) is 9.06. The van der Waals surface area contributed by atoms with Crippen LogP contribution < -0.4 is 21.7 Å². The average molecular weight is 500 g/mol. The molecule has 2 aromatic carbocycles. The Balaban J connectivity index is 1.44. The molecule has 5 rings (SSSR count). The number of hydrogen-bond donors (Lipinski definition) is 4. The highest BCUT2D eigenvalue weighted by Crippen LogP contribution is 2.31. The fraction of sp³-hybridized carbons (Fsp3) is 0.185. The van der Waals surface area contributed by atoms with Crippen LogP contribution in [0.3, 0.4) is 0 Å². The Hall–Kier alpha value is -4.25. The van der Waals surface area contributed by atoms with Crippen molar-refractivity contribution in [3.63, 3.8) is 0 Å². The van der Waals surface area contributed by atoms with E-state index in [1.165, 1.54) is 12.3 Å². The predicted octanol–water partition coefficient (Wildman–Crippen LogP) is 3.69. The third kappa shape index (κ3) is 5.31. The maximum Gasteiger partial charge on any atom is 0.247 e. The van der Waals surface area contributed by atoms with Crippen LogP contribution in [0.5, 0.6) is 0 Å². The smallest absolute Gasteiger partial charge is 0.247 e. The molecule has 0 bridgehead atoms. The standard InChI is InChI=1S/C27H26FN7O2/c1-2-23(36)33-19-9-10-30-21(13-19)24-20(28)8-5-17-15-32-27(35-25(17)24)34-18-6-3-16(4-7-18)26-22(14-29)31-11-12-37-26/h2-10,13,15,22,26,31H,1,11-12,14,29H2,(H,30,33,36)(H,32,34,35)/t22?,26-/m1/s1. The second kappa shape index (κ2) is 10.8. The first-order chi connectivity index (χ1) is 18.1. The molecule has 5 N–H and O–H groups in total. The fourth-order valence-corrected chi connectivity index (χ4v) is 4.29. The molecule has 10 heteroatoms. The maximum absolute atomic E-state index is 15.1. The molecule has 37 heavy (non-hydrogen) atoms. The molecule has 2 aromatic heterocycles. The summed E-state index contributed by atoms with van der Waals surface area (Å²) in [6.45, 7) is 5.33. The maximum atomic E-state index is 15.1. The van der Waals surface area contributed by atoms with Gasteiger partial charge in [-0.05, 0) is 48.0 Å². The van der Waals surface area contributed by atoms with Crippen LogP contribution in [0.15, 0.2) is 73.6 Å². The molecule has 1 saturated heterocycles. The van der Waals surface area contributed by atoms with Crippen LogP contribution in [0.2, 0.25) is 0 Å². The Kier molecular flexibility index (Phi) is 7.13. The average Bonchev–Trinajstić information content (AvgIpc) is 2.93. The van der Waals surface area contributed by atoms with Crippen molar-refractivity contribution in [3.05, 3.63) is 85.0 Å². The third-order valence-electron chi connectivity index (χ3n) is 6.09. The van der Waals surface area contributed by atoms with E-state index >= 15 is 4.39 Å². The van der Waals surface area contributed by atoms with E-state index in [4.69, 9.17) is 10.5 Å². The Labute approximate surface area is 213 Å². The van der Waals surface area contributed by atoms with Crippen molar-refractivity contribution in [3.8, 4) is 11.3 Å². The summed E-state index contributed by atoms with van der Waals surface area (Å²) in [5.74, 6) is -0.560. The van der Waals surface area contributed by atoms with Crippen molar-refractivity contribution in [2.24, 2.45) is 5.73 Å². The number of pyridine rings is 1. The van der Waals surface area contributed by atoms with E-state index in [0.717, 1.165) is 23.9 Å². The van der Waals surface area contributed by atoms with Crippen LogP contribution >= 0.6 is 0 Å². The van der Waals surface area contributed by atoms with Crippen LogP contribution in [0.1, 0.15) is 11.7 Å². The van der Waals surface area contributed by atoms with Gasteiger partial charge in [-0.15, -0.1) is 0 Å². The van der Waals surface area contributed by atoms with Crippen LogP contribution in [0.4, 0.5) is 21.7 Å². The van der Waals surface area contributed by atoms with Crippen LogP contribution in [-0.2, 0) is 9.53 Å². The summed E-state index contributed by atoms with van der Waals surface area (Å²) in [6.07, 6.45) is 4.16. The largest absolute Gasteiger partial charge is 0.371 e. The molecule has 0 radical (unpaired) electrons. The molecule has 1 amide bonds. The highest BCUT2D eigenvalue weighted by Gasteiger charge is 2.25. The molecule has 188 valence electrons. The molecule has 1 aliphatic rings. The number of fused-ring (bicyclic) bond motifs is 1. The lowest BCUT2D eigenvalue weighted by atomic mass is 10.0. The van der Waals surface area contributed by atoms with Crippen molar-refractivity contribution in [2.45, 2.75) is 12.1 Å². The summed E-state index contributed by atoms with van der Waals surface area (Å²) < 4.78 is 21.0. The van der Waals surface area contributed by atoms with E-state index in [1.807, 2.05) is 24.3 Å².